The van der Waals surface area contributed by atoms with E-state index in [1.807, 2.05) is 36.4 Å². The third-order valence-electron chi connectivity index (χ3n) is 16.9. The Morgan fingerprint density at radius 3 is 0.986 bits per heavy atom. The van der Waals surface area contributed by atoms with E-state index in [2.05, 4.69) is 176 Å². The van der Waals surface area contributed by atoms with Gasteiger partial charge in [0.2, 0.25) is 0 Å². The van der Waals surface area contributed by atoms with Crippen LogP contribution in [-0.4, -0.2) is 35.4 Å². The van der Waals surface area contributed by atoms with Crippen molar-refractivity contribution in [1.82, 2.24) is 9.62 Å². The number of aryl methyl sites for hydroxylation is 10. The van der Waals surface area contributed by atoms with Gasteiger partial charge in [-0.15, -0.1) is 0 Å². The van der Waals surface area contributed by atoms with Gasteiger partial charge >= 0.3 is 0 Å². The van der Waals surface area contributed by atoms with Crippen molar-refractivity contribution in [3.63, 3.8) is 0 Å². The minimum Gasteiger partial charge on any atom is -0.331 e. The van der Waals surface area contributed by atoms with E-state index in [1.165, 1.54) is 164 Å². The smallest absolute Gasteiger partial charge is 0.263 e. The average Bonchev–Trinajstić information content (AvgIpc) is 3.34. The van der Waals surface area contributed by atoms with E-state index in [-0.39, 0.29) is 0 Å². The third-order valence-corrected chi connectivity index (χ3v) is 16.9. The molecule has 0 amide bonds. The monoisotopic (exact) mass is 949 g/mol. The minimum absolute atomic E-state index is 0.419. The van der Waals surface area contributed by atoms with Crippen molar-refractivity contribution in [2.75, 3.05) is 0 Å². The van der Waals surface area contributed by atoms with Gasteiger partial charge in [0.15, 0.2) is 0 Å². The van der Waals surface area contributed by atoms with E-state index in [1.54, 1.807) is 10.9 Å². The molecule has 2 aliphatic carbocycles. The second-order valence-electron chi connectivity index (χ2n) is 22.7. The highest BCUT2D eigenvalue weighted by atomic mass is 15.1. The van der Waals surface area contributed by atoms with Gasteiger partial charge in [0.05, 0.1) is 0 Å². The molecule has 0 unspecified atom stereocenters. The van der Waals surface area contributed by atoms with Gasteiger partial charge < -0.3 is 9.62 Å². The molecule has 0 aromatic heterocycles. The summed E-state index contributed by atoms with van der Waals surface area (Å²) in [6, 6.07) is 51.0. The van der Waals surface area contributed by atoms with E-state index in [0.717, 1.165) is 25.7 Å². The fourth-order valence-corrected chi connectivity index (χ4v) is 14.2. The van der Waals surface area contributed by atoms with Gasteiger partial charge in [0.1, 0.15) is 0 Å². The fraction of sp³-hybridized carbons (Fsp3) is 0.382. The molecule has 2 fully saturated rings. The molecular formula is C68H82B2N2. The summed E-state index contributed by atoms with van der Waals surface area (Å²) in [4.78, 5) is 5.81. The van der Waals surface area contributed by atoms with Crippen LogP contribution in [0, 0.1) is 69.2 Å². The lowest BCUT2D eigenvalue weighted by Crippen LogP contribution is -2.56. The zero-order valence-electron chi connectivity index (χ0n) is 45.8. The summed E-state index contributed by atoms with van der Waals surface area (Å²) in [5, 5.41) is 0. The predicted octanol–water partition coefficient (Wildman–Crippen LogP) is 15.7. The second kappa shape index (κ2) is 23.2. The van der Waals surface area contributed by atoms with Crippen LogP contribution in [0.5, 0.6) is 0 Å². The first-order valence-electron chi connectivity index (χ1n) is 27.9. The third kappa shape index (κ3) is 11.5. The lowest BCUT2D eigenvalue weighted by Gasteiger charge is -2.42. The first-order valence-corrected chi connectivity index (χ1v) is 27.9. The van der Waals surface area contributed by atoms with Gasteiger partial charge in [0, 0.05) is 13.1 Å². The van der Waals surface area contributed by atoms with Crippen LogP contribution in [0.25, 0.3) is 22.3 Å². The zero-order chi connectivity index (χ0) is 50.5. The molecule has 4 heteroatoms. The quantitative estimate of drug-likeness (QED) is 0.162. The van der Waals surface area contributed by atoms with Gasteiger partial charge in [-0.05, 0) is 175 Å². The number of hydrogen-bond donors (Lipinski definition) is 0. The Balaban J connectivity index is 0.000000159. The van der Waals surface area contributed by atoms with Crippen molar-refractivity contribution in [2.24, 2.45) is 0 Å². The van der Waals surface area contributed by atoms with E-state index in [4.69, 9.17) is 0 Å². The van der Waals surface area contributed by atoms with Crippen LogP contribution in [0.2, 0.25) is 0 Å². The van der Waals surface area contributed by atoms with Crippen LogP contribution in [0.1, 0.15) is 142 Å². The van der Waals surface area contributed by atoms with Crippen molar-refractivity contribution in [3.05, 3.63) is 211 Å². The Morgan fingerprint density at radius 2 is 0.639 bits per heavy atom. The molecule has 2 nitrogen and oxygen atoms in total. The van der Waals surface area contributed by atoms with Crippen molar-refractivity contribution in [1.29, 1.82) is 0 Å². The Hall–Kier alpha value is -5.41. The molecular weight excluding hydrogens is 866 g/mol. The van der Waals surface area contributed by atoms with E-state index >= 15 is 0 Å². The molecule has 2 aliphatic heterocycles. The van der Waals surface area contributed by atoms with E-state index in [0.29, 0.717) is 25.8 Å². The summed E-state index contributed by atoms with van der Waals surface area (Å²) in [5.74, 6) is 0. The van der Waals surface area contributed by atoms with Gasteiger partial charge in [-0.3, -0.25) is 0 Å². The molecule has 0 radical (unpaired) electrons. The highest BCUT2D eigenvalue weighted by Gasteiger charge is 2.38. The SMILES string of the molecule is Cc1cc(C)c(B2Cc3cc(C)cc(C)c3-c3ccccc3CN2C2CCCCC2)c(C)c1.Cc1cc(C)c(B2Cc3cc(C)cc(C)c3-c3ccccc3CN2C2CCCCC2)c(C)c1.c1ccccc1. The molecule has 0 N–H and O–H groups in total. The Morgan fingerprint density at radius 1 is 0.333 bits per heavy atom. The first-order chi connectivity index (χ1) is 34.8. The fourth-order valence-electron chi connectivity index (χ4n) is 14.2. The molecule has 0 atom stereocenters. The topological polar surface area (TPSA) is 6.48 Å². The van der Waals surface area contributed by atoms with Crippen molar-refractivity contribution in [2.45, 2.75) is 171 Å². The van der Waals surface area contributed by atoms with Gasteiger partial charge in [-0.25, -0.2) is 0 Å². The lowest BCUT2D eigenvalue weighted by molar-refractivity contribution is 0.246. The molecule has 72 heavy (non-hydrogen) atoms. The van der Waals surface area contributed by atoms with Crippen molar-refractivity contribution in [3.8, 4) is 22.3 Å². The number of fused-ring (bicyclic) bond motifs is 6. The number of rotatable bonds is 4. The maximum absolute atomic E-state index is 2.91. The van der Waals surface area contributed by atoms with Crippen LogP contribution in [0.4, 0.5) is 0 Å². The highest BCUT2D eigenvalue weighted by Crippen LogP contribution is 2.39. The molecule has 4 aliphatic rings. The van der Waals surface area contributed by atoms with Gasteiger partial charge in [-0.1, -0.05) is 227 Å². The average molecular weight is 949 g/mol. The summed E-state index contributed by atoms with van der Waals surface area (Å²) >= 11 is 0. The molecule has 0 bridgehead atoms. The van der Waals surface area contributed by atoms with E-state index in [9.17, 15) is 0 Å². The predicted molar refractivity (Wildman–Crippen MR) is 313 cm³/mol. The Kier molecular flexibility index (Phi) is 16.6. The maximum Gasteiger partial charge on any atom is 0.263 e. The lowest BCUT2D eigenvalue weighted by atomic mass is 9.46. The van der Waals surface area contributed by atoms with Gasteiger partial charge in [0.25, 0.3) is 13.7 Å². The normalized spacial score (nSPS) is 16.5. The van der Waals surface area contributed by atoms with Crippen LogP contribution in [-0.2, 0) is 25.7 Å². The van der Waals surface area contributed by atoms with Crippen LogP contribution in [0.3, 0.4) is 0 Å². The van der Waals surface area contributed by atoms with Crippen molar-refractivity contribution < 1.29 is 0 Å². The Bertz CT molecular complexity index is 2720. The van der Waals surface area contributed by atoms with Crippen LogP contribution < -0.4 is 10.9 Å². The minimum atomic E-state index is 0.419. The number of hydrogen-bond acceptors (Lipinski definition) is 2. The Labute approximate surface area is 436 Å². The summed E-state index contributed by atoms with van der Waals surface area (Å²) in [6.07, 6.45) is 15.8. The number of nitrogens with zero attached hydrogens (tertiary/aromatic N) is 2. The highest BCUT2D eigenvalue weighted by molar-refractivity contribution is 6.72. The largest absolute Gasteiger partial charge is 0.331 e. The molecule has 370 valence electrons. The standard InChI is InChI=1S/2C31H38BN.C6H6/c2*1-21-16-24(4)31(25(5)17-21)32-19-27-18-22(2)15-23(3)30(27)29-14-10-9-11-26(29)20-33(32)28-12-7-6-8-13-28;1-2-4-6-5-3-1/h2*9-11,14-18,28H,6-8,12-13,19-20H2,1-5H3;1-6H. The zero-order valence-corrected chi connectivity index (χ0v) is 45.8. The molecule has 7 aromatic rings. The molecule has 2 saturated carbocycles. The van der Waals surface area contributed by atoms with Gasteiger partial charge in [-0.2, -0.15) is 0 Å². The summed E-state index contributed by atoms with van der Waals surface area (Å²) in [6.45, 7) is 25.9. The van der Waals surface area contributed by atoms with E-state index < -0.39 is 0 Å². The van der Waals surface area contributed by atoms with Crippen LogP contribution >= 0.6 is 0 Å². The second-order valence-corrected chi connectivity index (χ2v) is 22.7. The summed E-state index contributed by atoms with van der Waals surface area (Å²) in [5.41, 5.74) is 29.2. The molecule has 7 aromatic carbocycles. The summed E-state index contributed by atoms with van der Waals surface area (Å²) < 4.78 is 0. The van der Waals surface area contributed by atoms with Crippen molar-refractivity contribution >= 4 is 24.6 Å². The first kappa shape index (κ1) is 51.5. The van der Waals surface area contributed by atoms with Crippen LogP contribution in [0.15, 0.2) is 133 Å². The number of benzene rings is 7. The molecule has 11 rings (SSSR count). The molecule has 0 saturated heterocycles. The molecule has 0 spiro atoms. The summed E-state index contributed by atoms with van der Waals surface area (Å²) in [7, 11) is 0. The molecule has 2 heterocycles. The maximum atomic E-state index is 2.91.